The minimum absolute atomic E-state index is 0.0954. The normalized spacial score (nSPS) is 18.9. The number of ether oxygens (including phenoxy) is 2. The van der Waals surface area contributed by atoms with Gasteiger partial charge < -0.3 is 19.7 Å². The van der Waals surface area contributed by atoms with Gasteiger partial charge in [0, 0.05) is 18.8 Å². The average Bonchev–Trinajstić information content (AvgIpc) is 2.76. The fraction of sp³-hybridized carbons (Fsp3) is 0.417. The molecule has 4 rings (SSSR count). The quantitative estimate of drug-likeness (QED) is 0.757. The van der Waals surface area contributed by atoms with Crippen molar-refractivity contribution in [1.29, 1.82) is 0 Å². The van der Waals surface area contributed by atoms with Gasteiger partial charge in [0.05, 0.1) is 17.9 Å². The first-order valence-corrected chi connectivity index (χ1v) is 10.7. The number of nitrogens with zero attached hydrogens (tertiary/aromatic N) is 1. The number of amides is 1. The Kier molecular flexibility index (Phi) is 5.93. The monoisotopic (exact) mass is 408 g/mol. The van der Waals surface area contributed by atoms with Gasteiger partial charge in [0.15, 0.2) is 6.10 Å². The smallest absolute Gasteiger partial charge is 0.338 e. The van der Waals surface area contributed by atoms with Crippen molar-refractivity contribution >= 4 is 23.3 Å². The van der Waals surface area contributed by atoms with Gasteiger partial charge in [0.2, 0.25) is 0 Å². The number of fused-ring (bicyclic) bond motifs is 1. The van der Waals surface area contributed by atoms with Crippen molar-refractivity contribution in [3.63, 3.8) is 0 Å². The lowest BCUT2D eigenvalue weighted by Crippen LogP contribution is -2.35. The maximum absolute atomic E-state index is 11.9. The van der Waals surface area contributed by atoms with Crippen LogP contribution in [0.5, 0.6) is 5.75 Å². The Balaban J connectivity index is 1.32. The van der Waals surface area contributed by atoms with E-state index >= 15 is 0 Å². The van der Waals surface area contributed by atoms with Crippen molar-refractivity contribution in [3.8, 4) is 5.75 Å². The zero-order valence-corrected chi connectivity index (χ0v) is 17.5. The highest BCUT2D eigenvalue weighted by molar-refractivity contribution is 5.97. The number of carbonyl (C=O) groups is 2. The predicted molar refractivity (Wildman–Crippen MR) is 116 cm³/mol. The first-order chi connectivity index (χ1) is 14.5. The van der Waals surface area contributed by atoms with E-state index in [1.54, 1.807) is 6.92 Å². The molecule has 1 amide bonds. The highest BCUT2D eigenvalue weighted by atomic mass is 16.5. The molecule has 1 unspecified atom stereocenters. The van der Waals surface area contributed by atoms with Crippen molar-refractivity contribution in [2.24, 2.45) is 5.92 Å². The summed E-state index contributed by atoms with van der Waals surface area (Å²) in [5.41, 5.74) is 3.73. The molecule has 6 nitrogen and oxygen atoms in total. The topological polar surface area (TPSA) is 67.9 Å². The van der Waals surface area contributed by atoms with Crippen LogP contribution in [0.4, 0.5) is 11.4 Å². The van der Waals surface area contributed by atoms with Crippen molar-refractivity contribution in [3.05, 3.63) is 53.6 Å². The van der Waals surface area contributed by atoms with E-state index < -0.39 is 6.10 Å². The molecule has 6 heteroatoms. The molecule has 0 saturated carbocycles. The van der Waals surface area contributed by atoms with E-state index in [4.69, 9.17) is 9.47 Å². The number of hydrogen-bond acceptors (Lipinski definition) is 5. The molecule has 2 aromatic carbocycles. The van der Waals surface area contributed by atoms with Crippen LogP contribution in [0.15, 0.2) is 42.5 Å². The summed E-state index contributed by atoms with van der Waals surface area (Å²) in [6.07, 6.45) is 2.76. The van der Waals surface area contributed by atoms with Gasteiger partial charge in [-0.05, 0) is 81.0 Å². The van der Waals surface area contributed by atoms with Gasteiger partial charge >= 0.3 is 5.97 Å². The largest absolute Gasteiger partial charge is 0.479 e. The molecule has 1 N–H and O–H groups in total. The molecule has 0 bridgehead atoms. The number of nitrogens with one attached hydrogen (secondary N) is 1. The molecule has 0 radical (unpaired) electrons. The van der Waals surface area contributed by atoms with E-state index in [2.05, 4.69) is 16.3 Å². The third-order valence-corrected chi connectivity index (χ3v) is 5.86. The number of piperidine rings is 1. The Morgan fingerprint density at radius 1 is 1.17 bits per heavy atom. The standard InChI is InChI=1S/C24H28N2O4/c1-3-29-24(28)19-5-7-20(8-6-19)26-12-10-17(11-13-26)14-18-4-9-22-21(15-18)25-23(27)16(2)30-22/h4-9,15-17H,3,10-14H2,1-2H3,(H,25,27). The zero-order valence-electron chi connectivity index (χ0n) is 17.5. The molecule has 30 heavy (non-hydrogen) atoms. The van der Waals surface area contributed by atoms with E-state index in [1.807, 2.05) is 43.3 Å². The summed E-state index contributed by atoms with van der Waals surface area (Å²) < 4.78 is 10.7. The van der Waals surface area contributed by atoms with E-state index in [0.29, 0.717) is 18.1 Å². The van der Waals surface area contributed by atoms with E-state index in [1.165, 1.54) is 5.56 Å². The summed E-state index contributed by atoms with van der Waals surface area (Å²) in [7, 11) is 0. The summed E-state index contributed by atoms with van der Waals surface area (Å²) in [6.45, 7) is 5.93. The van der Waals surface area contributed by atoms with Gasteiger partial charge in [-0.1, -0.05) is 6.07 Å². The number of anilines is 2. The van der Waals surface area contributed by atoms with Crippen molar-refractivity contribution in [1.82, 2.24) is 0 Å². The third kappa shape index (κ3) is 4.42. The lowest BCUT2D eigenvalue weighted by molar-refractivity contribution is -0.122. The van der Waals surface area contributed by atoms with Crippen LogP contribution >= 0.6 is 0 Å². The molecule has 2 heterocycles. The summed E-state index contributed by atoms with van der Waals surface area (Å²) in [5.74, 6) is 0.981. The fourth-order valence-corrected chi connectivity index (χ4v) is 4.13. The summed E-state index contributed by atoms with van der Waals surface area (Å²) in [5, 5.41) is 2.93. The Labute approximate surface area is 177 Å². The number of hydrogen-bond donors (Lipinski definition) is 1. The number of esters is 1. The molecule has 0 spiro atoms. The molecule has 2 aliphatic rings. The van der Waals surface area contributed by atoms with Crippen LogP contribution in [0, 0.1) is 5.92 Å². The van der Waals surface area contributed by atoms with Crippen LogP contribution in [0.25, 0.3) is 0 Å². The van der Waals surface area contributed by atoms with Gasteiger partial charge in [-0.2, -0.15) is 0 Å². The van der Waals surface area contributed by atoms with Gasteiger partial charge in [-0.25, -0.2) is 4.79 Å². The van der Waals surface area contributed by atoms with Crippen molar-refractivity contribution in [2.75, 3.05) is 29.9 Å². The van der Waals surface area contributed by atoms with Crippen molar-refractivity contribution in [2.45, 2.75) is 39.2 Å². The Morgan fingerprint density at radius 3 is 2.60 bits per heavy atom. The molecule has 1 saturated heterocycles. The fourth-order valence-electron chi connectivity index (χ4n) is 4.13. The van der Waals surface area contributed by atoms with Crippen molar-refractivity contribution < 1.29 is 19.1 Å². The molecular weight excluding hydrogens is 380 g/mol. The third-order valence-electron chi connectivity index (χ3n) is 5.86. The molecule has 1 atom stereocenters. The maximum atomic E-state index is 11.9. The molecule has 1 fully saturated rings. The van der Waals surface area contributed by atoms with Crippen LogP contribution in [0.2, 0.25) is 0 Å². The Bertz CT molecular complexity index is 917. The molecule has 0 aliphatic carbocycles. The molecule has 2 aliphatic heterocycles. The first-order valence-electron chi connectivity index (χ1n) is 10.7. The van der Waals surface area contributed by atoms with Gasteiger partial charge in [0.1, 0.15) is 5.75 Å². The highest BCUT2D eigenvalue weighted by Crippen LogP contribution is 2.32. The maximum Gasteiger partial charge on any atom is 0.338 e. The highest BCUT2D eigenvalue weighted by Gasteiger charge is 2.25. The van der Waals surface area contributed by atoms with E-state index in [0.717, 1.165) is 49.5 Å². The van der Waals surface area contributed by atoms with Crippen LogP contribution in [-0.2, 0) is 16.0 Å². The van der Waals surface area contributed by atoms with Gasteiger partial charge in [-0.15, -0.1) is 0 Å². The Morgan fingerprint density at radius 2 is 1.90 bits per heavy atom. The second-order valence-corrected chi connectivity index (χ2v) is 7.98. The SMILES string of the molecule is CCOC(=O)c1ccc(N2CCC(Cc3ccc4c(c3)NC(=O)C(C)O4)CC2)cc1. The first kappa shape index (κ1) is 20.3. The minimum Gasteiger partial charge on any atom is -0.479 e. The summed E-state index contributed by atoms with van der Waals surface area (Å²) in [6, 6.07) is 13.8. The molecular formula is C24H28N2O4. The van der Waals surface area contributed by atoms with Crippen LogP contribution < -0.4 is 15.0 Å². The second-order valence-electron chi connectivity index (χ2n) is 7.98. The number of benzene rings is 2. The summed E-state index contributed by atoms with van der Waals surface area (Å²) >= 11 is 0. The molecule has 158 valence electrons. The molecule has 0 aromatic heterocycles. The molecule has 2 aromatic rings. The Hall–Kier alpha value is -3.02. The van der Waals surface area contributed by atoms with Gasteiger partial charge in [0.25, 0.3) is 5.91 Å². The van der Waals surface area contributed by atoms with Gasteiger partial charge in [-0.3, -0.25) is 4.79 Å². The average molecular weight is 408 g/mol. The van der Waals surface area contributed by atoms with E-state index in [-0.39, 0.29) is 11.9 Å². The zero-order chi connectivity index (χ0) is 21.1. The van der Waals surface area contributed by atoms with Crippen LogP contribution in [0.1, 0.15) is 42.6 Å². The minimum atomic E-state index is -0.445. The van der Waals surface area contributed by atoms with Crippen LogP contribution in [-0.4, -0.2) is 37.7 Å². The summed E-state index contributed by atoms with van der Waals surface area (Å²) in [4.78, 5) is 26.0. The van der Waals surface area contributed by atoms with E-state index in [9.17, 15) is 9.59 Å². The predicted octanol–water partition coefficient (Wildman–Crippen LogP) is 4.04. The lowest BCUT2D eigenvalue weighted by Gasteiger charge is -2.34. The lowest BCUT2D eigenvalue weighted by atomic mass is 9.89. The second kappa shape index (κ2) is 8.78. The number of rotatable bonds is 5. The number of carbonyl (C=O) groups excluding carboxylic acids is 2. The van der Waals surface area contributed by atoms with Crippen LogP contribution in [0.3, 0.4) is 0 Å².